The molecular weight excluding hydrogens is 304 g/mol. The fraction of sp³-hybridized carbons (Fsp3) is 0.889. The van der Waals surface area contributed by atoms with E-state index in [2.05, 4.69) is 17.1 Å². The Balaban J connectivity index is 1.67. The van der Waals surface area contributed by atoms with E-state index >= 15 is 0 Å². The lowest BCUT2D eigenvalue weighted by atomic mass is 9.87. The van der Waals surface area contributed by atoms with Crippen LogP contribution in [0.2, 0.25) is 0 Å². The molecule has 0 radical (unpaired) electrons. The SMILES string of the molecule is CCCC(N)C(=O)N1CCN(CC(=O)NC2CCC(C)CC2)CC1. The third kappa shape index (κ3) is 5.74. The van der Waals surface area contributed by atoms with Gasteiger partial charge < -0.3 is 16.0 Å². The van der Waals surface area contributed by atoms with Crippen LogP contribution < -0.4 is 11.1 Å². The molecule has 0 aromatic heterocycles. The van der Waals surface area contributed by atoms with Crippen LogP contribution in [0, 0.1) is 5.92 Å². The van der Waals surface area contributed by atoms with E-state index in [0.29, 0.717) is 25.7 Å². The molecule has 24 heavy (non-hydrogen) atoms. The van der Waals surface area contributed by atoms with Crippen molar-refractivity contribution in [1.29, 1.82) is 0 Å². The van der Waals surface area contributed by atoms with Crippen LogP contribution in [0.25, 0.3) is 0 Å². The second-order valence-corrected chi connectivity index (χ2v) is 7.52. The van der Waals surface area contributed by atoms with Crippen molar-refractivity contribution in [3.8, 4) is 0 Å². The number of hydrogen-bond acceptors (Lipinski definition) is 4. The highest BCUT2D eigenvalue weighted by Gasteiger charge is 2.26. The highest BCUT2D eigenvalue weighted by atomic mass is 16.2. The predicted octanol–water partition coefficient (Wildman–Crippen LogP) is 0.953. The van der Waals surface area contributed by atoms with Gasteiger partial charge in [-0.1, -0.05) is 20.3 Å². The highest BCUT2D eigenvalue weighted by molar-refractivity contribution is 5.82. The molecule has 0 spiro atoms. The van der Waals surface area contributed by atoms with Gasteiger partial charge in [0.15, 0.2) is 0 Å². The molecule has 2 fully saturated rings. The van der Waals surface area contributed by atoms with Crippen LogP contribution in [0.3, 0.4) is 0 Å². The second-order valence-electron chi connectivity index (χ2n) is 7.52. The monoisotopic (exact) mass is 338 g/mol. The number of carbonyl (C=O) groups is 2. The number of hydrogen-bond donors (Lipinski definition) is 2. The molecule has 0 bridgehead atoms. The zero-order valence-corrected chi connectivity index (χ0v) is 15.3. The summed E-state index contributed by atoms with van der Waals surface area (Å²) in [6.07, 6.45) is 6.29. The average Bonchev–Trinajstić information content (AvgIpc) is 2.57. The largest absolute Gasteiger partial charge is 0.352 e. The van der Waals surface area contributed by atoms with Crippen molar-refractivity contribution in [2.75, 3.05) is 32.7 Å². The Bertz CT molecular complexity index is 413. The molecule has 1 unspecified atom stereocenters. The number of carbonyl (C=O) groups excluding carboxylic acids is 2. The molecule has 1 heterocycles. The van der Waals surface area contributed by atoms with Crippen LogP contribution in [0.4, 0.5) is 0 Å². The summed E-state index contributed by atoms with van der Waals surface area (Å²) < 4.78 is 0. The standard InChI is InChI=1S/C18H34N4O2/c1-3-4-16(19)18(24)22-11-9-21(10-12-22)13-17(23)20-15-7-5-14(2)6-8-15/h14-16H,3-13,19H2,1-2H3,(H,20,23). The molecule has 0 aromatic rings. The maximum atomic E-state index is 12.2. The van der Waals surface area contributed by atoms with E-state index in [1.165, 1.54) is 12.8 Å². The molecule has 2 amide bonds. The van der Waals surface area contributed by atoms with E-state index in [-0.39, 0.29) is 17.9 Å². The van der Waals surface area contributed by atoms with E-state index in [4.69, 9.17) is 5.73 Å². The Labute approximate surface area is 146 Å². The van der Waals surface area contributed by atoms with Gasteiger partial charge in [-0.3, -0.25) is 14.5 Å². The fourth-order valence-corrected chi connectivity index (χ4v) is 3.68. The summed E-state index contributed by atoms with van der Waals surface area (Å²) in [6, 6.07) is -0.0258. The number of rotatable bonds is 6. The van der Waals surface area contributed by atoms with Gasteiger partial charge in [-0.15, -0.1) is 0 Å². The normalized spacial score (nSPS) is 26.9. The minimum atomic E-state index is -0.376. The van der Waals surface area contributed by atoms with E-state index < -0.39 is 0 Å². The Hall–Kier alpha value is -1.14. The molecule has 6 nitrogen and oxygen atoms in total. The minimum Gasteiger partial charge on any atom is -0.352 e. The molecule has 3 N–H and O–H groups in total. The van der Waals surface area contributed by atoms with E-state index in [1.807, 2.05) is 11.8 Å². The number of nitrogens with zero attached hydrogens (tertiary/aromatic N) is 2. The molecule has 2 aliphatic rings. The Morgan fingerprint density at radius 2 is 1.75 bits per heavy atom. The third-order valence-electron chi connectivity index (χ3n) is 5.35. The number of nitrogens with one attached hydrogen (secondary N) is 1. The fourth-order valence-electron chi connectivity index (χ4n) is 3.68. The Kier molecular flexibility index (Phi) is 7.49. The molecule has 1 aliphatic heterocycles. The van der Waals surface area contributed by atoms with Crippen LogP contribution in [0.15, 0.2) is 0 Å². The summed E-state index contributed by atoms with van der Waals surface area (Å²) in [5.41, 5.74) is 5.92. The van der Waals surface area contributed by atoms with Crippen LogP contribution >= 0.6 is 0 Å². The molecular formula is C18H34N4O2. The molecule has 2 rings (SSSR count). The number of amides is 2. The lowest BCUT2D eigenvalue weighted by Gasteiger charge is -2.36. The summed E-state index contributed by atoms with van der Waals surface area (Å²) in [4.78, 5) is 28.4. The molecule has 1 aliphatic carbocycles. The summed E-state index contributed by atoms with van der Waals surface area (Å²) in [5.74, 6) is 0.970. The van der Waals surface area contributed by atoms with Gasteiger partial charge in [0.05, 0.1) is 12.6 Å². The van der Waals surface area contributed by atoms with Crippen molar-refractivity contribution < 1.29 is 9.59 Å². The van der Waals surface area contributed by atoms with Crippen molar-refractivity contribution in [2.45, 2.75) is 64.5 Å². The first-order valence-corrected chi connectivity index (χ1v) is 9.55. The first-order valence-electron chi connectivity index (χ1n) is 9.55. The van der Waals surface area contributed by atoms with Crippen LogP contribution in [0.5, 0.6) is 0 Å². The first-order chi connectivity index (χ1) is 11.5. The summed E-state index contributed by atoms with van der Waals surface area (Å²) >= 11 is 0. The zero-order chi connectivity index (χ0) is 17.5. The maximum Gasteiger partial charge on any atom is 0.239 e. The maximum absolute atomic E-state index is 12.2. The van der Waals surface area contributed by atoms with E-state index in [0.717, 1.165) is 44.7 Å². The van der Waals surface area contributed by atoms with Crippen LogP contribution in [-0.4, -0.2) is 66.4 Å². The molecule has 6 heteroatoms. The van der Waals surface area contributed by atoms with Gasteiger partial charge in [-0.25, -0.2) is 0 Å². The van der Waals surface area contributed by atoms with Gasteiger partial charge in [-0.05, 0) is 38.0 Å². The highest BCUT2D eigenvalue weighted by Crippen LogP contribution is 2.23. The number of piperazine rings is 1. The smallest absolute Gasteiger partial charge is 0.239 e. The third-order valence-corrected chi connectivity index (χ3v) is 5.35. The molecule has 0 aromatic carbocycles. The molecule has 1 saturated carbocycles. The van der Waals surface area contributed by atoms with Gasteiger partial charge in [-0.2, -0.15) is 0 Å². The molecule has 1 atom stereocenters. The Morgan fingerprint density at radius 1 is 1.12 bits per heavy atom. The lowest BCUT2D eigenvalue weighted by molar-refractivity contribution is -0.134. The van der Waals surface area contributed by atoms with E-state index in [1.54, 1.807) is 0 Å². The summed E-state index contributed by atoms with van der Waals surface area (Å²) in [7, 11) is 0. The van der Waals surface area contributed by atoms with E-state index in [9.17, 15) is 9.59 Å². The summed E-state index contributed by atoms with van der Waals surface area (Å²) in [6.45, 7) is 7.60. The Morgan fingerprint density at radius 3 is 2.33 bits per heavy atom. The second kappa shape index (κ2) is 9.37. The lowest BCUT2D eigenvalue weighted by Crippen LogP contribution is -2.55. The first kappa shape index (κ1) is 19.2. The quantitative estimate of drug-likeness (QED) is 0.756. The van der Waals surface area contributed by atoms with Gasteiger partial charge in [0.25, 0.3) is 0 Å². The number of nitrogens with two attached hydrogens (primary N) is 1. The molecule has 1 saturated heterocycles. The average molecular weight is 338 g/mol. The van der Waals surface area contributed by atoms with Gasteiger partial charge in [0.1, 0.15) is 0 Å². The van der Waals surface area contributed by atoms with Gasteiger partial charge in [0.2, 0.25) is 11.8 Å². The predicted molar refractivity (Wildman–Crippen MR) is 95.5 cm³/mol. The minimum absolute atomic E-state index is 0.0530. The topological polar surface area (TPSA) is 78.7 Å². The summed E-state index contributed by atoms with van der Waals surface area (Å²) in [5, 5.41) is 3.17. The van der Waals surface area contributed by atoms with Crippen molar-refractivity contribution in [3.05, 3.63) is 0 Å². The van der Waals surface area contributed by atoms with Crippen molar-refractivity contribution in [3.63, 3.8) is 0 Å². The van der Waals surface area contributed by atoms with Crippen molar-refractivity contribution in [2.24, 2.45) is 11.7 Å². The zero-order valence-electron chi connectivity index (χ0n) is 15.3. The van der Waals surface area contributed by atoms with Crippen LogP contribution in [-0.2, 0) is 9.59 Å². The molecule has 138 valence electrons. The van der Waals surface area contributed by atoms with Gasteiger partial charge in [0, 0.05) is 32.2 Å². The van der Waals surface area contributed by atoms with Gasteiger partial charge >= 0.3 is 0 Å². The van der Waals surface area contributed by atoms with Crippen molar-refractivity contribution >= 4 is 11.8 Å². The van der Waals surface area contributed by atoms with Crippen LogP contribution in [0.1, 0.15) is 52.4 Å². The van der Waals surface area contributed by atoms with Crippen molar-refractivity contribution in [1.82, 2.24) is 15.1 Å².